The van der Waals surface area contributed by atoms with E-state index in [2.05, 4.69) is 16.2 Å². The second-order valence-corrected chi connectivity index (χ2v) is 2.15. The van der Waals surface area contributed by atoms with Crippen LogP contribution in [0, 0.1) is 6.20 Å². The average Bonchev–Trinajstić information content (AvgIpc) is 2.34. The highest BCUT2D eigenvalue weighted by Gasteiger charge is 1.95. The summed E-state index contributed by atoms with van der Waals surface area (Å²) in [6.07, 6.45) is 6.29. The van der Waals surface area contributed by atoms with E-state index >= 15 is 0 Å². The fourth-order valence-electron chi connectivity index (χ4n) is 0.913. The molecule has 0 aliphatic heterocycles. The van der Waals surface area contributed by atoms with E-state index in [1.165, 1.54) is 0 Å². The lowest BCUT2D eigenvalue weighted by molar-refractivity contribution is 0.944. The van der Waals surface area contributed by atoms with Crippen LogP contribution in [0.25, 0.3) is 11.0 Å². The maximum atomic E-state index is 4.11. The molecule has 0 amide bonds. The lowest BCUT2D eigenvalue weighted by Gasteiger charge is -1.88. The summed E-state index contributed by atoms with van der Waals surface area (Å²) in [4.78, 5) is 7.97. The largest absolute Gasteiger partial charge is 0.332 e. The first kappa shape index (κ1) is 5.41. The Morgan fingerprint density at radius 3 is 3.30 bits per heavy atom. The second-order valence-electron chi connectivity index (χ2n) is 2.15. The van der Waals surface area contributed by atoms with E-state index in [4.69, 9.17) is 0 Å². The molecule has 49 valence electrons. The molecule has 0 atom stereocenters. The van der Waals surface area contributed by atoms with Gasteiger partial charge in [-0.1, -0.05) is 0 Å². The van der Waals surface area contributed by atoms with Crippen LogP contribution in [-0.4, -0.2) is 14.5 Å². The molecule has 10 heavy (non-hydrogen) atoms. The number of aryl methyl sites for hydroxylation is 1. The Bertz CT molecular complexity index is 350. The van der Waals surface area contributed by atoms with Crippen molar-refractivity contribution in [2.24, 2.45) is 7.05 Å². The molecule has 3 heteroatoms. The number of hydrogen-bond acceptors (Lipinski definition) is 2. The Morgan fingerprint density at radius 1 is 1.60 bits per heavy atom. The minimum Gasteiger partial charge on any atom is -0.332 e. The molecule has 0 saturated heterocycles. The topological polar surface area (TPSA) is 30.7 Å². The third-order valence-corrected chi connectivity index (χ3v) is 1.44. The van der Waals surface area contributed by atoms with Crippen molar-refractivity contribution in [1.29, 1.82) is 0 Å². The molecule has 2 aromatic heterocycles. The highest BCUT2D eigenvalue weighted by Crippen LogP contribution is 2.06. The summed E-state index contributed by atoms with van der Waals surface area (Å²) < 4.78 is 1.89. The summed E-state index contributed by atoms with van der Waals surface area (Å²) >= 11 is 0. The Labute approximate surface area is 58.3 Å². The van der Waals surface area contributed by atoms with E-state index in [1.807, 2.05) is 17.7 Å². The van der Waals surface area contributed by atoms with Gasteiger partial charge in [0.15, 0.2) is 0 Å². The van der Waals surface area contributed by atoms with Crippen LogP contribution in [0.5, 0.6) is 0 Å². The molecule has 0 unspecified atom stereocenters. The van der Waals surface area contributed by atoms with Crippen molar-refractivity contribution in [2.75, 3.05) is 0 Å². The quantitative estimate of drug-likeness (QED) is 0.530. The van der Waals surface area contributed by atoms with E-state index in [9.17, 15) is 0 Å². The van der Waals surface area contributed by atoms with E-state index < -0.39 is 0 Å². The SMILES string of the molecule is Cn1cnc2ccn[c]c21. The summed E-state index contributed by atoms with van der Waals surface area (Å²) in [7, 11) is 1.92. The predicted octanol–water partition coefficient (Wildman–Crippen LogP) is 0.768. The van der Waals surface area contributed by atoms with Crippen molar-refractivity contribution in [3.8, 4) is 0 Å². The Balaban J connectivity index is 2.93. The molecular formula is C7H6N3. The van der Waals surface area contributed by atoms with Crippen LogP contribution < -0.4 is 0 Å². The van der Waals surface area contributed by atoms with Crippen LogP contribution in [0.2, 0.25) is 0 Å². The molecule has 3 nitrogen and oxygen atoms in total. The Morgan fingerprint density at radius 2 is 2.50 bits per heavy atom. The summed E-state index contributed by atoms with van der Waals surface area (Å²) in [5.74, 6) is 0. The fourth-order valence-corrected chi connectivity index (χ4v) is 0.913. The number of imidazole rings is 1. The number of hydrogen-bond donors (Lipinski definition) is 0. The number of nitrogens with zero attached hydrogens (tertiary/aromatic N) is 3. The van der Waals surface area contributed by atoms with Crippen LogP contribution >= 0.6 is 0 Å². The van der Waals surface area contributed by atoms with Gasteiger partial charge in [0.25, 0.3) is 0 Å². The molecule has 0 aliphatic carbocycles. The van der Waals surface area contributed by atoms with Crippen molar-refractivity contribution < 1.29 is 0 Å². The van der Waals surface area contributed by atoms with E-state index in [-0.39, 0.29) is 0 Å². The predicted molar refractivity (Wildman–Crippen MR) is 37.3 cm³/mol. The van der Waals surface area contributed by atoms with Gasteiger partial charge in [0.1, 0.15) is 6.20 Å². The third kappa shape index (κ3) is 0.603. The van der Waals surface area contributed by atoms with Gasteiger partial charge in [-0.25, -0.2) is 4.98 Å². The maximum absolute atomic E-state index is 4.11. The molecule has 0 spiro atoms. The Kier molecular flexibility index (Phi) is 0.974. The number of pyridine rings is 1. The first-order chi connectivity index (χ1) is 4.88. The Hall–Kier alpha value is -1.38. The summed E-state index contributed by atoms with van der Waals surface area (Å²) in [6, 6.07) is 1.87. The van der Waals surface area contributed by atoms with Crippen molar-refractivity contribution in [3.05, 3.63) is 24.8 Å². The number of fused-ring (bicyclic) bond motifs is 1. The lowest BCUT2D eigenvalue weighted by Crippen LogP contribution is -1.83. The summed E-state index contributed by atoms with van der Waals surface area (Å²) in [6.45, 7) is 0. The first-order valence-electron chi connectivity index (χ1n) is 3.01. The molecule has 0 aliphatic rings. The fraction of sp³-hybridized carbons (Fsp3) is 0.143. The van der Waals surface area contributed by atoms with Gasteiger partial charge in [0, 0.05) is 13.2 Å². The molecule has 2 rings (SSSR count). The molecule has 0 N–H and O–H groups in total. The summed E-state index contributed by atoms with van der Waals surface area (Å²) in [5, 5.41) is 0. The van der Waals surface area contributed by atoms with Gasteiger partial charge in [0.2, 0.25) is 0 Å². The van der Waals surface area contributed by atoms with Gasteiger partial charge in [-0.3, -0.25) is 4.98 Å². The van der Waals surface area contributed by atoms with Gasteiger partial charge in [-0.05, 0) is 6.07 Å². The molecule has 0 saturated carbocycles. The van der Waals surface area contributed by atoms with Crippen molar-refractivity contribution in [2.45, 2.75) is 0 Å². The smallest absolute Gasteiger partial charge is 0.117 e. The third-order valence-electron chi connectivity index (χ3n) is 1.44. The van der Waals surface area contributed by atoms with Crippen LogP contribution in [0.3, 0.4) is 0 Å². The zero-order valence-electron chi connectivity index (χ0n) is 5.57. The number of aromatic nitrogens is 3. The summed E-state index contributed by atoms with van der Waals surface area (Å²) in [5.41, 5.74) is 1.89. The zero-order valence-corrected chi connectivity index (χ0v) is 5.57. The minimum atomic E-state index is 0.942. The molecule has 2 aromatic rings. The van der Waals surface area contributed by atoms with Gasteiger partial charge in [-0.2, -0.15) is 0 Å². The van der Waals surface area contributed by atoms with Gasteiger partial charge < -0.3 is 4.57 Å². The van der Waals surface area contributed by atoms with Crippen molar-refractivity contribution in [1.82, 2.24) is 14.5 Å². The van der Waals surface area contributed by atoms with Gasteiger partial charge >= 0.3 is 0 Å². The highest BCUT2D eigenvalue weighted by atomic mass is 15.0. The zero-order chi connectivity index (χ0) is 6.97. The average molecular weight is 132 g/mol. The molecule has 0 aromatic carbocycles. The van der Waals surface area contributed by atoms with Crippen molar-refractivity contribution in [3.63, 3.8) is 0 Å². The second kappa shape index (κ2) is 1.80. The standard InChI is InChI=1S/C7H6N3/c1-10-5-9-6-2-3-8-4-7(6)10/h2-3,5H,1H3. The van der Waals surface area contributed by atoms with Gasteiger partial charge in [0.05, 0.1) is 17.4 Å². The lowest BCUT2D eigenvalue weighted by atomic mass is 10.4. The normalized spacial score (nSPS) is 10.5. The van der Waals surface area contributed by atoms with Crippen molar-refractivity contribution >= 4 is 11.0 Å². The molecule has 2 heterocycles. The monoisotopic (exact) mass is 132 g/mol. The molecule has 0 fully saturated rings. The van der Waals surface area contributed by atoms with Crippen LogP contribution in [0.15, 0.2) is 18.6 Å². The minimum absolute atomic E-state index is 0.942. The van der Waals surface area contributed by atoms with E-state index in [0.717, 1.165) is 11.0 Å². The maximum Gasteiger partial charge on any atom is 0.117 e. The molecular weight excluding hydrogens is 126 g/mol. The van der Waals surface area contributed by atoms with Crippen LogP contribution in [-0.2, 0) is 7.05 Å². The van der Waals surface area contributed by atoms with Gasteiger partial charge in [-0.15, -0.1) is 0 Å². The van der Waals surface area contributed by atoms with Crippen LogP contribution in [0.1, 0.15) is 0 Å². The first-order valence-corrected chi connectivity index (χ1v) is 3.01. The van der Waals surface area contributed by atoms with E-state index in [0.29, 0.717) is 0 Å². The van der Waals surface area contributed by atoms with Crippen LogP contribution in [0.4, 0.5) is 0 Å². The highest BCUT2D eigenvalue weighted by molar-refractivity contribution is 5.72. The number of rotatable bonds is 0. The molecule has 1 radical (unpaired) electrons. The van der Waals surface area contributed by atoms with E-state index in [1.54, 1.807) is 12.5 Å². The molecule has 0 bridgehead atoms.